The van der Waals surface area contributed by atoms with Gasteiger partial charge in [-0.1, -0.05) is 12.1 Å². The molecule has 100 valence electrons. The first-order chi connectivity index (χ1) is 8.65. The predicted molar refractivity (Wildman–Crippen MR) is 76.2 cm³/mol. The molecule has 0 radical (unpaired) electrons. The number of hydrogen-bond donors (Lipinski definition) is 0. The van der Waals surface area contributed by atoms with Gasteiger partial charge < -0.3 is 9.64 Å². The topological polar surface area (TPSA) is 29.5 Å². The average Bonchev–Trinajstić information content (AvgIpc) is 2.37. The van der Waals surface area contributed by atoms with Crippen LogP contribution in [0.1, 0.15) is 15.9 Å². The molecule has 0 spiro atoms. The SMILES string of the molecule is COC(=O)c1c(C)cccc1N(CCCl)CCCl. The molecule has 1 aromatic rings. The number of carbonyl (C=O) groups excluding carboxylic acids is 1. The van der Waals surface area contributed by atoms with E-state index in [0.717, 1.165) is 11.3 Å². The minimum absolute atomic E-state index is 0.336. The monoisotopic (exact) mass is 289 g/mol. The number of carbonyl (C=O) groups is 1. The smallest absolute Gasteiger partial charge is 0.340 e. The second-order valence-corrected chi connectivity index (χ2v) is 4.58. The lowest BCUT2D eigenvalue weighted by Crippen LogP contribution is -2.29. The summed E-state index contributed by atoms with van der Waals surface area (Å²) in [6, 6.07) is 5.68. The molecule has 0 atom stereocenters. The first-order valence-electron chi connectivity index (χ1n) is 5.70. The molecule has 0 aliphatic carbocycles. The molecule has 0 unspecified atom stereocenters. The molecule has 18 heavy (non-hydrogen) atoms. The van der Waals surface area contributed by atoms with Crippen LogP contribution in [0, 0.1) is 6.92 Å². The van der Waals surface area contributed by atoms with Gasteiger partial charge in [0, 0.05) is 24.8 Å². The van der Waals surface area contributed by atoms with Gasteiger partial charge in [-0.15, -0.1) is 23.2 Å². The number of anilines is 1. The Morgan fingerprint density at radius 3 is 2.39 bits per heavy atom. The van der Waals surface area contributed by atoms with Gasteiger partial charge in [-0.05, 0) is 18.6 Å². The third-order valence-corrected chi connectivity index (χ3v) is 3.03. The Morgan fingerprint density at radius 1 is 1.28 bits per heavy atom. The van der Waals surface area contributed by atoms with Crippen molar-refractivity contribution >= 4 is 34.9 Å². The second kappa shape index (κ2) is 7.49. The van der Waals surface area contributed by atoms with Crippen molar-refractivity contribution < 1.29 is 9.53 Å². The van der Waals surface area contributed by atoms with Gasteiger partial charge in [0.25, 0.3) is 0 Å². The molecule has 1 rings (SSSR count). The molecule has 0 N–H and O–H groups in total. The molecule has 0 heterocycles. The fourth-order valence-electron chi connectivity index (χ4n) is 1.84. The Bertz CT molecular complexity index is 404. The number of alkyl halides is 2. The van der Waals surface area contributed by atoms with E-state index < -0.39 is 0 Å². The van der Waals surface area contributed by atoms with E-state index in [1.807, 2.05) is 30.0 Å². The number of halogens is 2. The fraction of sp³-hybridized carbons (Fsp3) is 0.462. The van der Waals surface area contributed by atoms with Crippen LogP contribution in [-0.2, 0) is 4.74 Å². The number of aryl methyl sites for hydroxylation is 1. The number of esters is 1. The molecule has 0 saturated carbocycles. The zero-order chi connectivity index (χ0) is 13.5. The van der Waals surface area contributed by atoms with E-state index in [-0.39, 0.29) is 5.97 Å². The first-order valence-corrected chi connectivity index (χ1v) is 6.77. The van der Waals surface area contributed by atoms with Crippen molar-refractivity contribution in [2.75, 3.05) is 36.9 Å². The molecule has 5 heteroatoms. The fourth-order valence-corrected chi connectivity index (χ4v) is 2.25. The maximum Gasteiger partial charge on any atom is 0.340 e. The molecule has 3 nitrogen and oxygen atoms in total. The molecule has 0 saturated heterocycles. The number of rotatable bonds is 6. The molecular weight excluding hydrogens is 273 g/mol. The highest BCUT2D eigenvalue weighted by molar-refractivity contribution is 6.18. The van der Waals surface area contributed by atoms with E-state index in [9.17, 15) is 4.79 Å². The van der Waals surface area contributed by atoms with Crippen LogP contribution in [0.5, 0.6) is 0 Å². The Labute approximate surface area is 118 Å². The van der Waals surface area contributed by atoms with Gasteiger partial charge in [-0.2, -0.15) is 0 Å². The second-order valence-electron chi connectivity index (χ2n) is 3.83. The normalized spacial score (nSPS) is 10.2. The minimum Gasteiger partial charge on any atom is -0.465 e. The zero-order valence-electron chi connectivity index (χ0n) is 10.6. The van der Waals surface area contributed by atoms with Crippen molar-refractivity contribution in [3.05, 3.63) is 29.3 Å². The highest BCUT2D eigenvalue weighted by atomic mass is 35.5. The Hall–Kier alpha value is -0.930. The van der Waals surface area contributed by atoms with Crippen LogP contribution in [0.3, 0.4) is 0 Å². The third kappa shape index (κ3) is 3.53. The minimum atomic E-state index is -0.336. The summed E-state index contributed by atoms with van der Waals surface area (Å²) in [5.41, 5.74) is 2.28. The van der Waals surface area contributed by atoms with Crippen molar-refractivity contribution in [2.24, 2.45) is 0 Å². The van der Waals surface area contributed by atoms with Crippen molar-refractivity contribution in [1.82, 2.24) is 0 Å². The summed E-state index contributed by atoms with van der Waals surface area (Å²) in [4.78, 5) is 13.9. The zero-order valence-corrected chi connectivity index (χ0v) is 12.1. The predicted octanol–water partition coefficient (Wildman–Crippen LogP) is 3.07. The van der Waals surface area contributed by atoms with Gasteiger partial charge in [-0.25, -0.2) is 4.79 Å². The number of hydrogen-bond acceptors (Lipinski definition) is 3. The van der Waals surface area contributed by atoms with Crippen LogP contribution < -0.4 is 4.90 Å². The summed E-state index contributed by atoms with van der Waals surface area (Å²) < 4.78 is 4.83. The lowest BCUT2D eigenvalue weighted by atomic mass is 10.1. The van der Waals surface area contributed by atoms with Gasteiger partial charge in [0.2, 0.25) is 0 Å². The molecule has 0 fully saturated rings. The quantitative estimate of drug-likeness (QED) is 0.595. The molecule has 1 aromatic carbocycles. The largest absolute Gasteiger partial charge is 0.465 e. The number of ether oxygens (including phenoxy) is 1. The first kappa shape index (κ1) is 15.1. The molecule has 0 aliphatic heterocycles. The van der Waals surface area contributed by atoms with E-state index in [1.165, 1.54) is 7.11 Å². The van der Waals surface area contributed by atoms with Crippen molar-refractivity contribution in [2.45, 2.75) is 6.92 Å². The van der Waals surface area contributed by atoms with Crippen LogP contribution in [0.25, 0.3) is 0 Å². The van der Waals surface area contributed by atoms with E-state index >= 15 is 0 Å². The van der Waals surface area contributed by atoms with Crippen LogP contribution >= 0.6 is 23.2 Å². The van der Waals surface area contributed by atoms with E-state index in [0.29, 0.717) is 30.4 Å². The van der Waals surface area contributed by atoms with E-state index in [2.05, 4.69) is 0 Å². The summed E-state index contributed by atoms with van der Waals surface area (Å²) in [5, 5.41) is 0. The van der Waals surface area contributed by atoms with Gasteiger partial charge in [0.1, 0.15) is 0 Å². The maximum absolute atomic E-state index is 11.9. The van der Waals surface area contributed by atoms with E-state index in [4.69, 9.17) is 27.9 Å². The average molecular weight is 290 g/mol. The third-order valence-electron chi connectivity index (χ3n) is 2.69. The maximum atomic E-state index is 11.9. The summed E-state index contributed by atoms with van der Waals surface area (Å²) in [5.74, 6) is 0.619. The Kier molecular flexibility index (Phi) is 6.30. The summed E-state index contributed by atoms with van der Waals surface area (Å²) in [6.07, 6.45) is 0. The Balaban J connectivity index is 3.19. The van der Waals surface area contributed by atoms with Crippen LogP contribution in [0.4, 0.5) is 5.69 Å². The van der Waals surface area contributed by atoms with Gasteiger partial charge in [0.05, 0.1) is 18.4 Å². The number of nitrogens with zero attached hydrogens (tertiary/aromatic N) is 1. The van der Waals surface area contributed by atoms with Crippen LogP contribution in [-0.4, -0.2) is 37.9 Å². The number of methoxy groups -OCH3 is 1. The lowest BCUT2D eigenvalue weighted by Gasteiger charge is -2.25. The summed E-state index contributed by atoms with van der Waals surface area (Å²) >= 11 is 11.6. The highest BCUT2D eigenvalue weighted by Gasteiger charge is 2.18. The molecule has 0 aliphatic rings. The lowest BCUT2D eigenvalue weighted by molar-refractivity contribution is 0.0600. The number of benzene rings is 1. The molecule has 0 amide bonds. The van der Waals surface area contributed by atoms with Gasteiger partial charge >= 0.3 is 5.97 Å². The summed E-state index contributed by atoms with van der Waals surface area (Å²) in [7, 11) is 1.38. The van der Waals surface area contributed by atoms with Crippen LogP contribution in [0.15, 0.2) is 18.2 Å². The molecule has 0 bridgehead atoms. The Morgan fingerprint density at radius 2 is 1.89 bits per heavy atom. The molecular formula is C13H17Cl2NO2. The standard InChI is InChI=1S/C13H17Cl2NO2/c1-10-4-3-5-11(12(10)13(17)18-2)16(8-6-14)9-7-15/h3-5H,6-9H2,1-2H3. The van der Waals surface area contributed by atoms with Crippen molar-refractivity contribution in [3.63, 3.8) is 0 Å². The van der Waals surface area contributed by atoms with Crippen molar-refractivity contribution in [3.8, 4) is 0 Å². The van der Waals surface area contributed by atoms with E-state index in [1.54, 1.807) is 0 Å². The highest BCUT2D eigenvalue weighted by Crippen LogP contribution is 2.24. The van der Waals surface area contributed by atoms with Gasteiger partial charge in [-0.3, -0.25) is 0 Å². The van der Waals surface area contributed by atoms with Crippen LogP contribution in [0.2, 0.25) is 0 Å². The molecule has 0 aromatic heterocycles. The van der Waals surface area contributed by atoms with Gasteiger partial charge in [0.15, 0.2) is 0 Å². The van der Waals surface area contributed by atoms with Crippen molar-refractivity contribution in [1.29, 1.82) is 0 Å². The summed E-state index contributed by atoms with van der Waals surface area (Å²) in [6.45, 7) is 3.17.